The normalized spacial score (nSPS) is 17.4. The number of hydrogen-bond acceptors (Lipinski definition) is 6. The smallest absolute Gasteiger partial charge is 0.289 e. The van der Waals surface area contributed by atoms with Crippen molar-refractivity contribution in [2.75, 3.05) is 26.4 Å². The van der Waals surface area contributed by atoms with Crippen molar-refractivity contribution in [3.8, 4) is 5.75 Å². The molecule has 0 radical (unpaired) electrons. The number of amides is 2. The second-order valence-corrected chi connectivity index (χ2v) is 8.42. The van der Waals surface area contributed by atoms with Gasteiger partial charge < -0.3 is 24.8 Å². The standard InChI is InChI=1S/C27H34N2O6/c1-3-35-24-16-20(12-11-19(24)2)17-28-27(32)25(30)23-10-6-7-13-33-14-15-34-18-21-8-4-5-9-22(21)26(31)29-23/h4-5,8-9,11-12,16,23H,3,6-7,10,13-15,17-18H2,1-2H3,(H,28,32)(H,29,31). The quantitative estimate of drug-likeness (QED) is 0.614. The zero-order valence-corrected chi connectivity index (χ0v) is 20.4. The van der Waals surface area contributed by atoms with Gasteiger partial charge >= 0.3 is 0 Å². The monoisotopic (exact) mass is 482 g/mol. The maximum absolute atomic E-state index is 13.0. The van der Waals surface area contributed by atoms with Crippen LogP contribution in [-0.2, 0) is 32.2 Å². The highest BCUT2D eigenvalue weighted by molar-refractivity contribution is 6.38. The fraction of sp³-hybridized carbons (Fsp3) is 0.444. The maximum Gasteiger partial charge on any atom is 0.289 e. The zero-order valence-electron chi connectivity index (χ0n) is 20.4. The molecule has 188 valence electrons. The predicted octanol–water partition coefficient (Wildman–Crippen LogP) is 3.09. The molecular formula is C27H34N2O6. The van der Waals surface area contributed by atoms with Crippen molar-refractivity contribution >= 4 is 17.6 Å². The van der Waals surface area contributed by atoms with Gasteiger partial charge in [-0.15, -0.1) is 0 Å². The number of carbonyl (C=O) groups excluding carboxylic acids is 3. The third-order valence-corrected chi connectivity index (χ3v) is 5.77. The first-order valence-electron chi connectivity index (χ1n) is 12.1. The summed E-state index contributed by atoms with van der Waals surface area (Å²) in [4.78, 5) is 38.8. The summed E-state index contributed by atoms with van der Waals surface area (Å²) in [6.07, 6.45) is 1.68. The van der Waals surface area contributed by atoms with E-state index in [1.807, 2.05) is 44.2 Å². The van der Waals surface area contributed by atoms with E-state index in [0.717, 1.165) is 16.9 Å². The van der Waals surface area contributed by atoms with Gasteiger partial charge in [0.15, 0.2) is 0 Å². The lowest BCUT2D eigenvalue weighted by Crippen LogP contribution is -2.47. The minimum Gasteiger partial charge on any atom is -0.494 e. The Balaban J connectivity index is 1.69. The van der Waals surface area contributed by atoms with Gasteiger partial charge in [-0.3, -0.25) is 14.4 Å². The van der Waals surface area contributed by atoms with Crippen LogP contribution in [0.4, 0.5) is 0 Å². The topological polar surface area (TPSA) is 103 Å². The van der Waals surface area contributed by atoms with E-state index in [9.17, 15) is 14.4 Å². The molecule has 0 aliphatic carbocycles. The van der Waals surface area contributed by atoms with Crippen LogP contribution in [0.3, 0.4) is 0 Å². The molecule has 2 aromatic rings. The van der Waals surface area contributed by atoms with E-state index in [-0.39, 0.29) is 13.2 Å². The summed E-state index contributed by atoms with van der Waals surface area (Å²) in [5, 5.41) is 5.46. The molecule has 1 aliphatic rings. The molecule has 2 aromatic carbocycles. The molecular weight excluding hydrogens is 448 g/mol. The van der Waals surface area contributed by atoms with Crippen LogP contribution in [0.5, 0.6) is 5.75 Å². The highest BCUT2D eigenvalue weighted by atomic mass is 16.5. The van der Waals surface area contributed by atoms with E-state index in [1.54, 1.807) is 12.1 Å². The highest BCUT2D eigenvalue weighted by Gasteiger charge is 2.27. The van der Waals surface area contributed by atoms with E-state index in [1.165, 1.54) is 0 Å². The average Bonchev–Trinajstić information content (AvgIpc) is 2.86. The third kappa shape index (κ3) is 7.90. The van der Waals surface area contributed by atoms with Gasteiger partial charge in [-0.2, -0.15) is 0 Å². The lowest BCUT2D eigenvalue weighted by atomic mass is 10.0. The predicted molar refractivity (Wildman–Crippen MR) is 131 cm³/mol. The van der Waals surface area contributed by atoms with Crippen LogP contribution in [-0.4, -0.2) is 50.1 Å². The summed E-state index contributed by atoms with van der Waals surface area (Å²) in [5.74, 6) is -1.06. The molecule has 0 bridgehead atoms. The Morgan fingerprint density at radius 3 is 2.71 bits per heavy atom. The number of benzene rings is 2. The van der Waals surface area contributed by atoms with Crippen LogP contribution in [0.1, 0.15) is 53.2 Å². The molecule has 0 saturated carbocycles. The Morgan fingerprint density at radius 2 is 1.89 bits per heavy atom. The van der Waals surface area contributed by atoms with Crippen LogP contribution in [0.15, 0.2) is 42.5 Å². The Bertz CT molecular complexity index is 1020. The molecule has 1 aliphatic heterocycles. The van der Waals surface area contributed by atoms with Crippen LogP contribution in [0.2, 0.25) is 0 Å². The summed E-state index contributed by atoms with van der Waals surface area (Å²) in [6.45, 7) is 6.25. The van der Waals surface area contributed by atoms with Crippen molar-refractivity contribution in [3.63, 3.8) is 0 Å². The second kappa shape index (κ2) is 13.6. The summed E-state index contributed by atoms with van der Waals surface area (Å²) >= 11 is 0. The van der Waals surface area contributed by atoms with Gasteiger partial charge in [-0.25, -0.2) is 0 Å². The van der Waals surface area contributed by atoms with Gasteiger partial charge in [0.2, 0.25) is 5.78 Å². The molecule has 2 N–H and O–H groups in total. The molecule has 0 spiro atoms. The molecule has 8 nitrogen and oxygen atoms in total. The molecule has 1 atom stereocenters. The maximum atomic E-state index is 13.0. The van der Waals surface area contributed by atoms with Crippen molar-refractivity contribution in [3.05, 3.63) is 64.7 Å². The number of nitrogens with one attached hydrogen (secondary N) is 2. The van der Waals surface area contributed by atoms with Crippen LogP contribution in [0.25, 0.3) is 0 Å². The highest BCUT2D eigenvalue weighted by Crippen LogP contribution is 2.19. The van der Waals surface area contributed by atoms with Gasteiger partial charge in [-0.1, -0.05) is 30.3 Å². The molecule has 3 rings (SSSR count). The SMILES string of the molecule is CCOc1cc(CNC(=O)C(=O)C2CCCCOCCOCc3ccccc3C(=O)N2)ccc1C. The van der Waals surface area contributed by atoms with Gasteiger partial charge in [0.05, 0.1) is 32.5 Å². The first-order valence-corrected chi connectivity index (χ1v) is 12.1. The molecule has 35 heavy (non-hydrogen) atoms. The van der Waals surface area contributed by atoms with Gasteiger partial charge in [0.1, 0.15) is 5.75 Å². The number of fused-ring (bicyclic) bond motifs is 1. The fourth-order valence-electron chi connectivity index (χ4n) is 3.82. The minimum atomic E-state index is -0.934. The van der Waals surface area contributed by atoms with Crippen molar-refractivity contribution in [1.82, 2.24) is 10.6 Å². The van der Waals surface area contributed by atoms with Gasteiger partial charge in [0, 0.05) is 18.7 Å². The first kappa shape index (κ1) is 26.4. The lowest BCUT2D eigenvalue weighted by Gasteiger charge is -2.19. The number of aryl methyl sites for hydroxylation is 1. The molecule has 0 aromatic heterocycles. The Hall–Kier alpha value is -3.23. The third-order valence-electron chi connectivity index (χ3n) is 5.77. The number of ketones is 1. The lowest BCUT2D eigenvalue weighted by molar-refractivity contribution is -0.139. The van der Waals surface area contributed by atoms with Crippen molar-refractivity contribution in [2.45, 2.75) is 52.3 Å². The average molecular weight is 483 g/mol. The van der Waals surface area contributed by atoms with Crippen molar-refractivity contribution in [2.24, 2.45) is 0 Å². The van der Waals surface area contributed by atoms with Crippen LogP contribution < -0.4 is 15.4 Å². The molecule has 1 heterocycles. The summed E-state index contributed by atoms with van der Waals surface area (Å²) < 4.78 is 16.8. The van der Waals surface area contributed by atoms with E-state index < -0.39 is 23.6 Å². The van der Waals surface area contributed by atoms with E-state index in [4.69, 9.17) is 14.2 Å². The van der Waals surface area contributed by atoms with Gasteiger partial charge in [0.25, 0.3) is 11.8 Å². The number of carbonyl (C=O) groups is 3. The van der Waals surface area contributed by atoms with Crippen molar-refractivity contribution in [1.29, 1.82) is 0 Å². The molecule has 1 unspecified atom stereocenters. The van der Waals surface area contributed by atoms with Gasteiger partial charge in [-0.05, 0) is 61.9 Å². The number of hydrogen-bond donors (Lipinski definition) is 2. The second-order valence-electron chi connectivity index (χ2n) is 8.42. The van der Waals surface area contributed by atoms with Crippen molar-refractivity contribution < 1.29 is 28.6 Å². The van der Waals surface area contributed by atoms with Crippen LogP contribution in [0, 0.1) is 6.92 Å². The Labute approximate surface area is 206 Å². The molecule has 8 heteroatoms. The molecule has 0 fully saturated rings. The van der Waals surface area contributed by atoms with E-state index in [0.29, 0.717) is 56.8 Å². The number of Topliss-reactive ketones (excluding diaryl/α,β-unsaturated/α-hetero) is 1. The molecule has 2 amide bonds. The summed E-state index contributed by atoms with van der Waals surface area (Å²) in [5.41, 5.74) is 2.95. The van der Waals surface area contributed by atoms with Crippen LogP contribution >= 0.6 is 0 Å². The minimum absolute atomic E-state index is 0.180. The summed E-state index contributed by atoms with van der Waals surface area (Å²) in [7, 11) is 0. The zero-order chi connectivity index (χ0) is 25.0. The van der Waals surface area contributed by atoms with E-state index in [2.05, 4.69) is 10.6 Å². The first-order chi connectivity index (χ1) is 17.0. The molecule has 0 saturated heterocycles. The number of rotatable bonds is 6. The Morgan fingerprint density at radius 1 is 1.09 bits per heavy atom. The number of ether oxygens (including phenoxy) is 3. The van der Waals surface area contributed by atoms with E-state index >= 15 is 0 Å². The Kier molecular flexibility index (Phi) is 10.3. The fourth-order valence-corrected chi connectivity index (χ4v) is 3.82. The summed E-state index contributed by atoms with van der Waals surface area (Å²) in [6, 6.07) is 11.8. The largest absolute Gasteiger partial charge is 0.494 e.